The smallest absolute Gasteiger partial charge is 0.276 e. The van der Waals surface area contributed by atoms with Gasteiger partial charge in [0.15, 0.2) is 0 Å². The minimum Gasteiger partial charge on any atom is -0.319 e. The highest BCUT2D eigenvalue weighted by atomic mass is 16.6. The second kappa shape index (κ2) is 6.00. The highest BCUT2D eigenvalue weighted by molar-refractivity contribution is 6.02. The molecule has 1 aromatic carbocycles. The average molecular weight is 286 g/mol. The molecular weight excluding hydrogens is 272 g/mol. The van der Waals surface area contributed by atoms with Crippen molar-refractivity contribution in [1.29, 1.82) is 0 Å². The lowest BCUT2D eigenvalue weighted by Gasteiger charge is -2.01. The van der Waals surface area contributed by atoms with E-state index in [4.69, 9.17) is 0 Å². The zero-order chi connectivity index (χ0) is 15.4. The van der Waals surface area contributed by atoms with Crippen LogP contribution in [-0.4, -0.2) is 21.0 Å². The summed E-state index contributed by atoms with van der Waals surface area (Å²) in [7, 11) is 0. The molecule has 0 fully saturated rings. The molecule has 0 aliphatic heterocycles. The van der Waals surface area contributed by atoms with Crippen LogP contribution in [0.1, 0.15) is 17.0 Å². The summed E-state index contributed by atoms with van der Waals surface area (Å²) in [6, 6.07) is 6.22. The summed E-state index contributed by atoms with van der Waals surface area (Å²) in [6.07, 6.45) is 2.67. The minimum absolute atomic E-state index is 0.0442. The molecule has 1 aromatic heterocycles. The Morgan fingerprint density at radius 1 is 1.38 bits per heavy atom. The van der Waals surface area contributed by atoms with Gasteiger partial charge in [-0.1, -0.05) is 12.1 Å². The van der Waals surface area contributed by atoms with Crippen molar-refractivity contribution in [2.24, 2.45) is 0 Å². The number of amides is 1. The van der Waals surface area contributed by atoms with Crippen LogP contribution < -0.4 is 5.32 Å². The van der Waals surface area contributed by atoms with E-state index in [1.165, 1.54) is 18.2 Å². The molecule has 2 aromatic rings. The number of para-hydroxylation sites is 1. The fourth-order valence-electron chi connectivity index (χ4n) is 1.86. The van der Waals surface area contributed by atoms with E-state index >= 15 is 0 Å². The number of nitro groups is 1. The monoisotopic (exact) mass is 286 g/mol. The van der Waals surface area contributed by atoms with E-state index in [-0.39, 0.29) is 11.6 Å². The second-order valence-corrected chi connectivity index (χ2v) is 4.45. The quantitative estimate of drug-likeness (QED) is 0.512. The number of nitrogens with one attached hydrogen (secondary N) is 2. The molecule has 0 radical (unpaired) electrons. The zero-order valence-electron chi connectivity index (χ0n) is 11.6. The Morgan fingerprint density at radius 2 is 2.10 bits per heavy atom. The van der Waals surface area contributed by atoms with Gasteiger partial charge in [-0.3, -0.25) is 20.0 Å². The van der Waals surface area contributed by atoms with Crippen LogP contribution in [0.2, 0.25) is 0 Å². The molecule has 0 saturated carbocycles. The van der Waals surface area contributed by atoms with Crippen molar-refractivity contribution in [1.82, 2.24) is 10.2 Å². The average Bonchev–Trinajstić information content (AvgIpc) is 2.77. The maximum atomic E-state index is 11.9. The van der Waals surface area contributed by atoms with Gasteiger partial charge in [0, 0.05) is 12.1 Å². The SMILES string of the molecule is Cc1n[nH]c(C)c1NC(=O)/C=C/c1ccccc1[N+](=O)[O-]. The van der Waals surface area contributed by atoms with Crippen LogP contribution in [0.25, 0.3) is 6.08 Å². The lowest BCUT2D eigenvalue weighted by molar-refractivity contribution is -0.385. The van der Waals surface area contributed by atoms with Crippen molar-refractivity contribution in [3.05, 3.63) is 57.4 Å². The minimum atomic E-state index is -0.484. The third-order valence-corrected chi connectivity index (χ3v) is 2.92. The Labute approximate surface area is 120 Å². The number of nitrogens with zero attached hydrogens (tertiary/aromatic N) is 2. The molecule has 0 atom stereocenters. The van der Waals surface area contributed by atoms with Crippen molar-refractivity contribution >= 4 is 23.4 Å². The Morgan fingerprint density at radius 3 is 2.71 bits per heavy atom. The zero-order valence-corrected chi connectivity index (χ0v) is 11.6. The van der Waals surface area contributed by atoms with Crippen molar-refractivity contribution in [2.75, 3.05) is 5.32 Å². The van der Waals surface area contributed by atoms with Gasteiger partial charge in [0.1, 0.15) is 0 Å². The van der Waals surface area contributed by atoms with Gasteiger partial charge in [-0.25, -0.2) is 0 Å². The van der Waals surface area contributed by atoms with Gasteiger partial charge in [-0.2, -0.15) is 5.10 Å². The van der Waals surface area contributed by atoms with Gasteiger partial charge >= 0.3 is 0 Å². The normalized spacial score (nSPS) is 10.8. The fourth-order valence-corrected chi connectivity index (χ4v) is 1.86. The predicted molar refractivity (Wildman–Crippen MR) is 78.8 cm³/mol. The van der Waals surface area contributed by atoms with E-state index < -0.39 is 4.92 Å². The lowest BCUT2D eigenvalue weighted by Crippen LogP contribution is -2.09. The van der Waals surface area contributed by atoms with Gasteiger partial charge in [-0.15, -0.1) is 0 Å². The van der Waals surface area contributed by atoms with E-state index in [1.54, 1.807) is 32.0 Å². The van der Waals surface area contributed by atoms with Crippen LogP contribution in [0.4, 0.5) is 11.4 Å². The van der Waals surface area contributed by atoms with E-state index in [9.17, 15) is 14.9 Å². The Balaban J connectivity index is 2.15. The van der Waals surface area contributed by atoms with Crippen LogP contribution >= 0.6 is 0 Å². The molecule has 0 aliphatic carbocycles. The molecule has 0 spiro atoms. The second-order valence-electron chi connectivity index (χ2n) is 4.45. The van der Waals surface area contributed by atoms with Crippen LogP contribution in [0.3, 0.4) is 0 Å². The van der Waals surface area contributed by atoms with Crippen LogP contribution in [-0.2, 0) is 4.79 Å². The van der Waals surface area contributed by atoms with Gasteiger partial charge < -0.3 is 5.32 Å². The van der Waals surface area contributed by atoms with E-state index in [0.29, 0.717) is 16.9 Å². The predicted octanol–water partition coefficient (Wildman–Crippen LogP) is 2.59. The van der Waals surface area contributed by atoms with Crippen molar-refractivity contribution in [3.63, 3.8) is 0 Å². The number of hydrogen-bond donors (Lipinski definition) is 2. The molecule has 0 aliphatic rings. The van der Waals surface area contributed by atoms with Crippen LogP contribution in [0, 0.1) is 24.0 Å². The molecule has 2 rings (SSSR count). The first kappa shape index (κ1) is 14.4. The molecule has 1 amide bonds. The Hall–Kier alpha value is -2.96. The van der Waals surface area contributed by atoms with Crippen LogP contribution in [0.5, 0.6) is 0 Å². The third-order valence-electron chi connectivity index (χ3n) is 2.92. The Bertz CT molecular complexity index is 699. The van der Waals surface area contributed by atoms with Gasteiger partial charge in [0.2, 0.25) is 5.91 Å². The number of nitro benzene ring substituents is 1. The number of anilines is 1. The van der Waals surface area contributed by atoms with Gasteiger partial charge in [0.25, 0.3) is 5.69 Å². The van der Waals surface area contributed by atoms with Crippen LogP contribution in [0.15, 0.2) is 30.3 Å². The number of H-pyrrole nitrogens is 1. The molecule has 7 nitrogen and oxygen atoms in total. The summed E-state index contributed by atoms with van der Waals surface area (Å²) < 4.78 is 0. The third kappa shape index (κ3) is 3.33. The first-order valence-corrected chi connectivity index (χ1v) is 6.23. The topological polar surface area (TPSA) is 101 Å². The summed E-state index contributed by atoms with van der Waals surface area (Å²) in [4.78, 5) is 22.2. The molecule has 108 valence electrons. The highest BCUT2D eigenvalue weighted by Gasteiger charge is 2.11. The maximum absolute atomic E-state index is 11.9. The number of aromatic nitrogens is 2. The molecule has 0 unspecified atom stereocenters. The maximum Gasteiger partial charge on any atom is 0.276 e. The summed E-state index contributed by atoms with van der Waals surface area (Å²) in [5, 5.41) is 20.3. The molecular formula is C14H14N4O3. The Kier molecular flexibility index (Phi) is 4.13. The number of carbonyl (C=O) groups is 1. The molecule has 7 heteroatoms. The molecule has 0 saturated heterocycles. The summed E-state index contributed by atoms with van der Waals surface area (Å²) in [5.41, 5.74) is 2.38. The number of benzene rings is 1. The number of rotatable bonds is 4. The highest BCUT2D eigenvalue weighted by Crippen LogP contribution is 2.19. The summed E-state index contributed by atoms with van der Waals surface area (Å²) >= 11 is 0. The van der Waals surface area contributed by atoms with E-state index in [1.807, 2.05) is 0 Å². The first-order chi connectivity index (χ1) is 9.99. The molecule has 1 heterocycles. The molecule has 2 N–H and O–H groups in total. The summed E-state index contributed by atoms with van der Waals surface area (Å²) in [5.74, 6) is -0.374. The number of aromatic amines is 1. The van der Waals surface area contributed by atoms with Gasteiger partial charge in [0.05, 0.1) is 27.6 Å². The summed E-state index contributed by atoms with van der Waals surface area (Å²) in [6.45, 7) is 3.56. The van der Waals surface area contributed by atoms with Crippen molar-refractivity contribution in [3.8, 4) is 0 Å². The van der Waals surface area contributed by atoms with E-state index in [0.717, 1.165) is 5.69 Å². The van der Waals surface area contributed by atoms with E-state index in [2.05, 4.69) is 15.5 Å². The van der Waals surface area contributed by atoms with Gasteiger partial charge in [-0.05, 0) is 26.0 Å². The number of hydrogen-bond acceptors (Lipinski definition) is 4. The number of aryl methyl sites for hydroxylation is 2. The first-order valence-electron chi connectivity index (χ1n) is 6.23. The standard InChI is InChI=1S/C14H14N4O3/c1-9-14(10(2)17-16-9)15-13(19)8-7-11-5-3-4-6-12(11)18(20)21/h3-8H,1-2H3,(H,15,19)(H,16,17)/b8-7+. The van der Waals surface area contributed by atoms with Crippen molar-refractivity contribution < 1.29 is 9.72 Å². The lowest BCUT2D eigenvalue weighted by atomic mass is 10.1. The largest absolute Gasteiger partial charge is 0.319 e. The fraction of sp³-hybridized carbons (Fsp3) is 0.143. The number of carbonyl (C=O) groups excluding carboxylic acids is 1. The molecule has 0 bridgehead atoms. The van der Waals surface area contributed by atoms with Crippen molar-refractivity contribution in [2.45, 2.75) is 13.8 Å². The molecule has 21 heavy (non-hydrogen) atoms.